The molecule has 89 valence electrons. The molecule has 0 aromatic carbocycles. The monoisotopic (exact) mass is 279 g/mol. The van der Waals surface area contributed by atoms with Crippen LogP contribution in [0.2, 0.25) is 13.1 Å². The van der Waals surface area contributed by atoms with Crippen LogP contribution in [0.1, 0.15) is 46.0 Å². The van der Waals surface area contributed by atoms with Crippen LogP contribution in [0, 0.1) is 12.0 Å². The largest absolute Gasteiger partial charge is 0.618 e. The first-order valence-electron chi connectivity index (χ1n) is 6.07. The van der Waals surface area contributed by atoms with Gasteiger partial charge in [0.1, 0.15) is 0 Å². The second-order valence-corrected chi connectivity index (χ2v) is 9.82. The first-order chi connectivity index (χ1) is 7.12. The van der Waals surface area contributed by atoms with Gasteiger partial charge in [0.15, 0.2) is 0 Å². The van der Waals surface area contributed by atoms with Gasteiger partial charge in [-0.3, -0.25) is 0 Å². The van der Waals surface area contributed by atoms with Crippen LogP contribution in [0.25, 0.3) is 0 Å². The fourth-order valence-corrected chi connectivity index (χ4v) is 2.38. The van der Waals surface area contributed by atoms with Crippen molar-refractivity contribution in [1.29, 1.82) is 0 Å². The third-order valence-corrected chi connectivity index (χ3v) is 3.70. The van der Waals surface area contributed by atoms with E-state index >= 15 is 0 Å². The van der Waals surface area contributed by atoms with E-state index in [1.54, 1.807) is 0 Å². The molecule has 0 bridgehead atoms. The lowest BCUT2D eigenvalue weighted by Crippen LogP contribution is -2.07. The van der Waals surface area contributed by atoms with Crippen molar-refractivity contribution in [3.63, 3.8) is 0 Å². The highest BCUT2D eigenvalue weighted by molar-refractivity contribution is 7.22. The van der Waals surface area contributed by atoms with Gasteiger partial charge in [0, 0.05) is 8.80 Å². The molecule has 0 fully saturated rings. The maximum Gasteiger partial charge on any atom is 0.618 e. The van der Waals surface area contributed by atoms with E-state index in [-0.39, 0.29) is 0 Å². The standard InChI is InChI=1S/C11H25Si.2ClH.Mg/c1-5-7-8-11(6-2)9-10-12(3)4;;;/h10-12H,5-9H2,1-4H3;2*1H;/q;;;+2/p-2. The maximum absolute atomic E-state index is 4.90. The second kappa shape index (κ2) is 15.6. The average Bonchev–Trinajstić information content (AvgIpc) is 2.19. The third-order valence-electron chi connectivity index (χ3n) is 2.48. The Morgan fingerprint density at radius 2 is 1.80 bits per heavy atom. The van der Waals surface area contributed by atoms with E-state index in [0.717, 1.165) is 5.92 Å². The van der Waals surface area contributed by atoms with Crippen molar-refractivity contribution in [3.05, 3.63) is 6.04 Å². The van der Waals surface area contributed by atoms with Crippen molar-refractivity contribution >= 4 is 45.1 Å². The molecule has 0 aliphatic rings. The Balaban J connectivity index is 0. The van der Waals surface area contributed by atoms with E-state index in [9.17, 15) is 0 Å². The summed E-state index contributed by atoms with van der Waals surface area (Å²) in [6.45, 7) is 9.43. The summed E-state index contributed by atoms with van der Waals surface area (Å²) >= 11 is -0.639. The predicted octanol–water partition coefficient (Wildman–Crippen LogP) is 4.82. The van der Waals surface area contributed by atoms with E-state index < -0.39 is 27.0 Å². The summed E-state index contributed by atoms with van der Waals surface area (Å²) in [4.78, 5) is 0. The van der Waals surface area contributed by atoms with Crippen LogP contribution in [0.3, 0.4) is 0 Å². The summed E-state index contributed by atoms with van der Waals surface area (Å²) in [7, 11) is 9.41. The molecule has 1 unspecified atom stereocenters. The molecule has 0 rings (SSSR count). The van der Waals surface area contributed by atoms with Gasteiger partial charge in [-0.15, -0.1) is 0 Å². The van der Waals surface area contributed by atoms with E-state index in [0.29, 0.717) is 0 Å². The zero-order chi connectivity index (χ0) is 12.1. The van der Waals surface area contributed by atoms with Gasteiger partial charge in [0.05, 0.1) is 0 Å². The van der Waals surface area contributed by atoms with Gasteiger partial charge in [0.2, 0.25) is 0 Å². The minimum atomic E-state index is -0.639. The van der Waals surface area contributed by atoms with Gasteiger partial charge in [0.25, 0.3) is 0 Å². The van der Waals surface area contributed by atoms with Crippen molar-refractivity contribution in [2.45, 2.75) is 59.0 Å². The van der Waals surface area contributed by atoms with Gasteiger partial charge >= 0.3 is 18.2 Å². The van der Waals surface area contributed by atoms with Crippen LogP contribution in [-0.2, 0) is 0 Å². The minimum absolute atomic E-state index is 0.399. The van der Waals surface area contributed by atoms with E-state index in [4.69, 9.17) is 18.1 Å². The molecular weight excluding hydrogens is 255 g/mol. The average molecular weight is 281 g/mol. The Kier molecular flexibility index (Phi) is 19.6. The maximum atomic E-state index is 4.90. The summed E-state index contributed by atoms with van der Waals surface area (Å²) in [5.74, 6) is 0.986. The number of unbranched alkanes of at least 4 members (excludes halogenated alkanes) is 1. The molecule has 0 N–H and O–H groups in total. The van der Waals surface area contributed by atoms with Gasteiger partial charge in [-0.1, -0.05) is 59.0 Å². The van der Waals surface area contributed by atoms with Gasteiger partial charge in [-0.25, -0.2) is 0 Å². The molecule has 0 aliphatic heterocycles. The molecule has 1 radical (unpaired) electrons. The summed E-state index contributed by atoms with van der Waals surface area (Å²) in [6.07, 6.45) is 6.99. The molecule has 0 aromatic heterocycles. The van der Waals surface area contributed by atoms with E-state index in [2.05, 4.69) is 33.0 Å². The molecule has 0 saturated carbocycles. The topological polar surface area (TPSA) is 0 Å². The smallest absolute Gasteiger partial charge is 0.309 e. The lowest BCUT2D eigenvalue weighted by atomic mass is 9.97. The SMILES string of the molecule is CCCCC(CC)C[CH][SiH](C)C.[Cl][Mg][Cl]. The summed E-state index contributed by atoms with van der Waals surface area (Å²) in [5.41, 5.74) is 0. The molecule has 1 atom stereocenters. The first kappa shape index (κ1) is 18.9. The van der Waals surface area contributed by atoms with Crippen LogP contribution >= 0.6 is 18.1 Å². The third kappa shape index (κ3) is 18.1. The molecule has 0 aromatic rings. The lowest BCUT2D eigenvalue weighted by Gasteiger charge is -2.14. The molecule has 0 saturated heterocycles. The highest BCUT2D eigenvalue weighted by Crippen LogP contribution is 2.18. The molecule has 0 heterocycles. The number of hydrogen-bond donors (Lipinski definition) is 0. The Hall–Kier alpha value is 1.56. The minimum Gasteiger partial charge on any atom is -0.309 e. The van der Waals surface area contributed by atoms with Crippen LogP contribution < -0.4 is 0 Å². The Morgan fingerprint density at radius 3 is 2.13 bits per heavy atom. The quantitative estimate of drug-likeness (QED) is 0.586. The van der Waals surface area contributed by atoms with Gasteiger partial charge < -0.3 is 18.1 Å². The van der Waals surface area contributed by atoms with Gasteiger partial charge in [-0.05, 0) is 12.0 Å². The fourth-order valence-electron chi connectivity index (χ4n) is 1.45. The Labute approximate surface area is 115 Å². The van der Waals surface area contributed by atoms with Crippen molar-refractivity contribution < 1.29 is 0 Å². The Bertz CT molecular complexity index is 113. The second-order valence-electron chi connectivity index (χ2n) is 4.23. The van der Waals surface area contributed by atoms with Crippen LogP contribution in [0.4, 0.5) is 0 Å². The van der Waals surface area contributed by atoms with Crippen molar-refractivity contribution in [2.75, 3.05) is 0 Å². The van der Waals surface area contributed by atoms with Crippen molar-refractivity contribution in [3.8, 4) is 0 Å². The molecule has 4 heteroatoms. The first-order valence-corrected chi connectivity index (χ1v) is 13.3. The highest BCUT2D eigenvalue weighted by atomic mass is 35.6. The normalized spacial score (nSPS) is 11.7. The molecule has 0 aliphatic carbocycles. The molecular formula is C11H25Cl2MgSi. The van der Waals surface area contributed by atoms with Crippen LogP contribution in [-0.4, -0.2) is 27.0 Å². The molecule has 0 spiro atoms. The highest BCUT2D eigenvalue weighted by Gasteiger charge is 2.06. The number of rotatable bonds is 7. The van der Waals surface area contributed by atoms with Crippen LogP contribution in [0.5, 0.6) is 0 Å². The zero-order valence-electron chi connectivity index (χ0n) is 10.7. The molecule has 0 amide bonds. The van der Waals surface area contributed by atoms with Crippen LogP contribution in [0.15, 0.2) is 0 Å². The number of halogens is 2. The Morgan fingerprint density at radius 1 is 1.27 bits per heavy atom. The molecule has 0 nitrogen and oxygen atoms in total. The fraction of sp³-hybridized carbons (Fsp3) is 0.909. The van der Waals surface area contributed by atoms with Crippen molar-refractivity contribution in [1.82, 2.24) is 0 Å². The summed E-state index contributed by atoms with van der Waals surface area (Å²) in [6, 6.07) is 2.60. The number of hydrogen-bond acceptors (Lipinski definition) is 0. The zero-order valence-corrected chi connectivity index (χ0v) is 14.8. The predicted molar refractivity (Wildman–Crippen MR) is 78.6 cm³/mol. The van der Waals surface area contributed by atoms with E-state index in [1.807, 2.05) is 0 Å². The lowest BCUT2D eigenvalue weighted by molar-refractivity contribution is 0.451. The van der Waals surface area contributed by atoms with Crippen molar-refractivity contribution in [2.24, 2.45) is 5.92 Å². The summed E-state index contributed by atoms with van der Waals surface area (Å²) in [5, 5.41) is 0. The van der Waals surface area contributed by atoms with E-state index in [1.165, 1.54) is 32.1 Å². The van der Waals surface area contributed by atoms with Gasteiger partial charge in [-0.2, -0.15) is 0 Å². The summed E-state index contributed by atoms with van der Waals surface area (Å²) < 4.78 is 0. The molecule has 15 heavy (non-hydrogen) atoms.